The molecule has 6 aromatic rings. The molecule has 0 amide bonds. The van der Waals surface area contributed by atoms with Crippen LogP contribution in [0.15, 0.2) is 61.3 Å². The Morgan fingerprint density at radius 2 is 1.97 bits per heavy atom. The Hall–Kier alpha value is -4.30. The zero-order chi connectivity index (χ0) is 23.9. The van der Waals surface area contributed by atoms with Crippen molar-refractivity contribution in [1.82, 2.24) is 40.0 Å². The lowest BCUT2D eigenvalue weighted by Crippen LogP contribution is -2.13. The number of para-hydroxylation sites is 1. The van der Waals surface area contributed by atoms with Gasteiger partial charge >= 0.3 is 0 Å². The van der Waals surface area contributed by atoms with Crippen molar-refractivity contribution < 1.29 is 0 Å². The minimum atomic E-state index is 0.725. The van der Waals surface area contributed by atoms with Crippen LogP contribution in [0.5, 0.6) is 0 Å². The maximum absolute atomic E-state index is 4.95. The van der Waals surface area contributed by atoms with Gasteiger partial charge in [0.15, 0.2) is 5.82 Å². The highest BCUT2D eigenvalue weighted by molar-refractivity contribution is 5.96. The van der Waals surface area contributed by atoms with Crippen LogP contribution in [-0.2, 0) is 6.54 Å². The fraction of sp³-hybridized carbons (Fsp3) is 0.185. The molecular weight excluding hydrogens is 436 g/mol. The summed E-state index contributed by atoms with van der Waals surface area (Å²) in [5, 5.41) is 12.2. The Labute approximate surface area is 202 Å². The maximum Gasteiger partial charge on any atom is 0.159 e. The summed E-state index contributed by atoms with van der Waals surface area (Å²) in [5.41, 5.74) is 10.2. The minimum absolute atomic E-state index is 0.725. The number of aromatic amines is 2. The topological polar surface area (TPSA) is 100 Å². The lowest BCUT2D eigenvalue weighted by Gasteiger charge is -2.11. The molecular formula is C27H26N8. The summed E-state index contributed by atoms with van der Waals surface area (Å²) in [7, 11) is 0. The smallest absolute Gasteiger partial charge is 0.159 e. The molecule has 8 heteroatoms. The van der Waals surface area contributed by atoms with Gasteiger partial charge in [0.2, 0.25) is 0 Å². The largest absolute Gasteiger partial charge is 0.336 e. The van der Waals surface area contributed by atoms with Gasteiger partial charge in [-0.05, 0) is 61.3 Å². The molecule has 0 atom stereocenters. The first-order valence-corrected chi connectivity index (χ1v) is 11.7. The fourth-order valence-electron chi connectivity index (χ4n) is 4.55. The van der Waals surface area contributed by atoms with Crippen LogP contribution >= 0.6 is 0 Å². The molecule has 0 spiro atoms. The van der Waals surface area contributed by atoms with Gasteiger partial charge < -0.3 is 14.9 Å². The Morgan fingerprint density at radius 3 is 2.80 bits per heavy atom. The molecule has 0 aliphatic carbocycles. The predicted octanol–water partition coefficient (Wildman–Crippen LogP) is 5.08. The Morgan fingerprint density at radius 1 is 1.06 bits per heavy atom. The van der Waals surface area contributed by atoms with E-state index in [2.05, 4.69) is 62.5 Å². The number of nitrogens with zero attached hydrogens (tertiary/aromatic N) is 5. The van der Waals surface area contributed by atoms with Gasteiger partial charge in [0.1, 0.15) is 11.2 Å². The summed E-state index contributed by atoms with van der Waals surface area (Å²) < 4.78 is 2.00. The van der Waals surface area contributed by atoms with E-state index in [-0.39, 0.29) is 0 Å². The number of imidazole rings is 2. The lowest BCUT2D eigenvalue weighted by molar-refractivity contribution is 0.721. The number of aryl methyl sites for hydroxylation is 1. The first kappa shape index (κ1) is 21.2. The van der Waals surface area contributed by atoms with Crippen LogP contribution in [0.2, 0.25) is 0 Å². The first-order valence-electron chi connectivity index (χ1n) is 11.7. The van der Waals surface area contributed by atoms with Crippen LogP contribution in [0.25, 0.3) is 50.3 Å². The molecule has 35 heavy (non-hydrogen) atoms. The van der Waals surface area contributed by atoms with Crippen LogP contribution < -0.4 is 5.32 Å². The number of hydrogen-bond donors (Lipinski definition) is 3. The van der Waals surface area contributed by atoms with Crippen molar-refractivity contribution in [1.29, 1.82) is 0 Å². The second-order valence-electron chi connectivity index (χ2n) is 8.77. The minimum Gasteiger partial charge on any atom is -0.336 e. The summed E-state index contributed by atoms with van der Waals surface area (Å²) in [6.07, 6.45) is 7.69. The summed E-state index contributed by atoms with van der Waals surface area (Å²) >= 11 is 0. The normalized spacial score (nSPS) is 11.6. The lowest BCUT2D eigenvalue weighted by atomic mass is 9.98. The molecule has 0 aliphatic rings. The summed E-state index contributed by atoms with van der Waals surface area (Å²) in [6, 6.07) is 12.5. The van der Waals surface area contributed by atoms with E-state index in [0.29, 0.717) is 0 Å². The average Bonchev–Trinajstić information content (AvgIpc) is 3.60. The van der Waals surface area contributed by atoms with Gasteiger partial charge in [-0.1, -0.05) is 19.1 Å². The van der Waals surface area contributed by atoms with Crippen molar-refractivity contribution in [3.63, 3.8) is 0 Å². The van der Waals surface area contributed by atoms with Crippen LogP contribution in [0.1, 0.15) is 23.7 Å². The highest BCUT2D eigenvalue weighted by Gasteiger charge is 2.16. The van der Waals surface area contributed by atoms with Crippen LogP contribution in [0.4, 0.5) is 0 Å². The summed E-state index contributed by atoms with van der Waals surface area (Å²) in [6.45, 7) is 7.97. The number of fused-ring (bicyclic) bond motifs is 2. The maximum atomic E-state index is 4.95. The van der Waals surface area contributed by atoms with Crippen molar-refractivity contribution >= 4 is 21.9 Å². The van der Waals surface area contributed by atoms with E-state index in [0.717, 1.165) is 69.1 Å². The Kier molecular flexibility index (Phi) is 5.15. The number of nitrogens with one attached hydrogen (secondary N) is 3. The quantitative estimate of drug-likeness (QED) is 0.320. The molecule has 0 unspecified atom stereocenters. The number of aromatic nitrogens is 7. The molecule has 8 nitrogen and oxygen atoms in total. The molecule has 0 fully saturated rings. The molecule has 4 heterocycles. The number of benzene rings is 2. The van der Waals surface area contributed by atoms with Gasteiger partial charge in [-0.25, -0.2) is 9.97 Å². The van der Waals surface area contributed by atoms with Gasteiger partial charge in [-0.2, -0.15) is 5.10 Å². The van der Waals surface area contributed by atoms with Crippen LogP contribution in [0, 0.1) is 13.8 Å². The molecule has 6 rings (SSSR count). The monoisotopic (exact) mass is 462 g/mol. The van der Waals surface area contributed by atoms with Crippen molar-refractivity contribution in [2.45, 2.75) is 27.3 Å². The standard InChI is InChI=1S/C27H26N8/c1-4-28-11-19-12-29-13-21(17(19)3)18-8-9-22-20(10-18)25(34-33-22)27-31-23-6-5-7-24(26(23)32-27)35-14-16(2)30-15-35/h5-10,12-15,28H,4,11H2,1-3H3,(H,31,32)(H,33,34). The van der Waals surface area contributed by atoms with Gasteiger partial charge in [-0.15, -0.1) is 0 Å². The van der Waals surface area contributed by atoms with E-state index in [9.17, 15) is 0 Å². The molecule has 0 aliphatic heterocycles. The zero-order valence-electron chi connectivity index (χ0n) is 19.9. The van der Waals surface area contributed by atoms with Gasteiger partial charge in [0, 0.05) is 36.1 Å². The molecule has 4 aromatic heterocycles. The van der Waals surface area contributed by atoms with Crippen molar-refractivity contribution in [3.05, 3.63) is 78.1 Å². The van der Waals surface area contributed by atoms with Crippen LogP contribution in [-0.4, -0.2) is 41.2 Å². The molecule has 0 bridgehead atoms. The fourth-order valence-corrected chi connectivity index (χ4v) is 4.55. The Bertz CT molecular complexity index is 1670. The first-order chi connectivity index (χ1) is 17.1. The number of pyridine rings is 1. The SMILES string of the molecule is CCNCc1cncc(-c2ccc3[nH]nc(-c4nc5c(-n6cnc(C)c6)cccc5[nH]4)c3c2)c1C. The number of rotatable bonds is 6. The highest BCUT2D eigenvalue weighted by Crippen LogP contribution is 2.33. The third kappa shape index (κ3) is 3.68. The van der Waals surface area contributed by atoms with E-state index in [1.807, 2.05) is 54.6 Å². The number of H-pyrrole nitrogens is 2. The molecule has 174 valence electrons. The number of hydrogen-bond acceptors (Lipinski definition) is 5. The van der Waals surface area contributed by atoms with E-state index >= 15 is 0 Å². The summed E-state index contributed by atoms with van der Waals surface area (Å²) in [5.74, 6) is 0.725. The molecule has 0 saturated heterocycles. The summed E-state index contributed by atoms with van der Waals surface area (Å²) in [4.78, 5) is 17.3. The second-order valence-corrected chi connectivity index (χ2v) is 8.77. The highest BCUT2D eigenvalue weighted by atomic mass is 15.1. The van der Waals surface area contributed by atoms with Gasteiger partial charge in [0.25, 0.3) is 0 Å². The average molecular weight is 463 g/mol. The third-order valence-corrected chi connectivity index (χ3v) is 6.46. The second kappa shape index (κ2) is 8.48. The predicted molar refractivity (Wildman–Crippen MR) is 138 cm³/mol. The van der Waals surface area contributed by atoms with Crippen molar-refractivity contribution in [3.8, 4) is 28.3 Å². The van der Waals surface area contributed by atoms with Crippen molar-refractivity contribution in [2.24, 2.45) is 0 Å². The van der Waals surface area contributed by atoms with Gasteiger partial charge in [0.05, 0.1) is 28.7 Å². The Balaban J connectivity index is 1.46. The third-order valence-electron chi connectivity index (χ3n) is 6.46. The molecule has 3 N–H and O–H groups in total. The van der Waals surface area contributed by atoms with Crippen molar-refractivity contribution in [2.75, 3.05) is 6.54 Å². The van der Waals surface area contributed by atoms with E-state index in [4.69, 9.17) is 4.98 Å². The van der Waals surface area contributed by atoms with E-state index in [1.54, 1.807) is 0 Å². The zero-order valence-corrected chi connectivity index (χ0v) is 19.9. The molecule has 0 radical (unpaired) electrons. The van der Waals surface area contributed by atoms with Crippen LogP contribution in [0.3, 0.4) is 0 Å². The molecule has 0 saturated carbocycles. The molecule has 2 aromatic carbocycles. The van der Waals surface area contributed by atoms with Gasteiger partial charge in [-0.3, -0.25) is 10.1 Å². The van der Waals surface area contributed by atoms with E-state index < -0.39 is 0 Å². The van der Waals surface area contributed by atoms with E-state index in [1.165, 1.54) is 11.1 Å².